The predicted octanol–water partition coefficient (Wildman–Crippen LogP) is 3.35. The normalized spacial score (nSPS) is 10.7. The van der Waals surface area contributed by atoms with Crippen LogP contribution in [0.3, 0.4) is 0 Å². The molecule has 3 rings (SSSR count). The Balaban J connectivity index is 1.53. The Bertz CT molecular complexity index is 1000. The van der Waals surface area contributed by atoms with Crippen LogP contribution in [0.25, 0.3) is 5.69 Å². The summed E-state index contributed by atoms with van der Waals surface area (Å²) in [5.74, 6) is 2.39. The molecular formula is C22H26N4O3S. The van der Waals surface area contributed by atoms with E-state index in [1.54, 1.807) is 14.2 Å². The molecule has 8 heteroatoms. The molecule has 1 aromatic heterocycles. The first-order valence-corrected chi connectivity index (χ1v) is 10.6. The van der Waals surface area contributed by atoms with Crippen molar-refractivity contribution in [3.63, 3.8) is 0 Å². The van der Waals surface area contributed by atoms with Gasteiger partial charge in [-0.25, -0.2) is 0 Å². The summed E-state index contributed by atoms with van der Waals surface area (Å²) in [5.41, 5.74) is 3.24. The number of ether oxygens (including phenoxy) is 2. The number of benzene rings is 2. The van der Waals surface area contributed by atoms with Crippen molar-refractivity contribution in [1.82, 2.24) is 20.1 Å². The van der Waals surface area contributed by atoms with E-state index in [1.165, 1.54) is 17.3 Å². The van der Waals surface area contributed by atoms with Gasteiger partial charge >= 0.3 is 0 Å². The number of thioether (sulfide) groups is 1. The second-order valence-electron chi connectivity index (χ2n) is 6.78. The van der Waals surface area contributed by atoms with E-state index in [1.807, 2.05) is 60.9 Å². The van der Waals surface area contributed by atoms with Gasteiger partial charge < -0.3 is 14.8 Å². The summed E-state index contributed by atoms with van der Waals surface area (Å²) < 4.78 is 12.5. The van der Waals surface area contributed by atoms with Crippen LogP contribution in [0.5, 0.6) is 11.5 Å². The van der Waals surface area contributed by atoms with Crippen molar-refractivity contribution >= 4 is 17.7 Å². The first-order chi connectivity index (χ1) is 14.5. The summed E-state index contributed by atoms with van der Waals surface area (Å²) in [4.78, 5) is 12.3. The fourth-order valence-corrected chi connectivity index (χ4v) is 3.82. The molecule has 0 aliphatic heterocycles. The Hall–Kier alpha value is -3.00. The van der Waals surface area contributed by atoms with Gasteiger partial charge in [-0.1, -0.05) is 35.5 Å². The number of amides is 1. The molecule has 0 aliphatic carbocycles. The summed E-state index contributed by atoms with van der Waals surface area (Å²) >= 11 is 1.37. The minimum Gasteiger partial charge on any atom is -0.493 e. The Morgan fingerprint density at radius 1 is 1.03 bits per heavy atom. The van der Waals surface area contributed by atoms with Crippen molar-refractivity contribution in [2.45, 2.75) is 25.4 Å². The molecule has 1 N–H and O–H groups in total. The van der Waals surface area contributed by atoms with Gasteiger partial charge in [0.25, 0.3) is 0 Å². The van der Waals surface area contributed by atoms with Gasteiger partial charge in [-0.05, 0) is 50.1 Å². The second kappa shape index (κ2) is 10.2. The highest BCUT2D eigenvalue weighted by molar-refractivity contribution is 7.99. The van der Waals surface area contributed by atoms with Crippen molar-refractivity contribution in [1.29, 1.82) is 0 Å². The highest BCUT2D eigenvalue weighted by Gasteiger charge is 2.13. The highest BCUT2D eigenvalue weighted by Crippen LogP contribution is 2.27. The predicted molar refractivity (Wildman–Crippen MR) is 118 cm³/mol. The Labute approximate surface area is 180 Å². The average Bonchev–Trinajstić information content (AvgIpc) is 3.13. The van der Waals surface area contributed by atoms with Crippen LogP contribution in [0.1, 0.15) is 17.0 Å². The van der Waals surface area contributed by atoms with Crippen LogP contribution in [-0.2, 0) is 11.2 Å². The summed E-state index contributed by atoms with van der Waals surface area (Å²) in [7, 11) is 3.22. The Kier molecular flexibility index (Phi) is 7.35. The molecule has 0 fully saturated rings. The molecule has 0 spiro atoms. The van der Waals surface area contributed by atoms with Crippen LogP contribution in [0.2, 0.25) is 0 Å². The van der Waals surface area contributed by atoms with Crippen molar-refractivity contribution in [3.05, 3.63) is 59.4 Å². The summed E-state index contributed by atoms with van der Waals surface area (Å²) in [6, 6.07) is 13.9. The number of methoxy groups -OCH3 is 2. The van der Waals surface area contributed by atoms with E-state index in [4.69, 9.17) is 9.47 Å². The first kappa shape index (κ1) is 21.7. The molecule has 2 aromatic carbocycles. The maximum atomic E-state index is 12.3. The number of carbonyl (C=O) groups excluding carboxylic acids is 1. The van der Waals surface area contributed by atoms with Gasteiger partial charge in [0.2, 0.25) is 5.91 Å². The number of aromatic nitrogens is 3. The number of nitrogens with zero attached hydrogens (tertiary/aromatic N) is 3. The molecule has 30 heavy (non-hydrogen) atoms. The fraction of sp³-hybridized carbons (Fsp3) is 0.318. The molecule has 0 unspecified atom stereocenters. The fourth-order valence-electron chi connectivity index (χ4n) is 2.99. The summed E-state index contributed by atoms with van der Waals surface area (Å²) in [5, 5.41) is 12.0. The van der Waals surface area contributed by atoms with Gasteiger partial charge in [0, 0.05) is 12.2 Å². The van der Waals surface area contributed by atoms with E-state index in [2.05, 4.69) is 15.5 Å². The Morgan fingerprint density at radius 2 is 1.77 bits per heavy atom. The van der Waals surface area contributed by atoms with Crippen LogP contribution >= 0.6 is 11.8 Å². The van der Waals surface area contributed by atoms with Crippen molar-refractivity contribution in [2.24, 2.45) is 0 Å². The number of rotatable bonds is 9. The number of hydrogen-bond acceptors (Lipinski definition) is 6. The van der Waals surface area contributed by atoms with E-state index in [9.17, 15) is 4.79 Å². The third-order valence-electron chi connectivity index (χ3n) is 4.60. The van der Waals surface area contributed by atoms with E-state index < -0.39 is 0 Å². The molecule has 0 radical (unpaired) electrons. The van der Waals surface area contributed by atoms with Gasteiger partial charge in [-0.3, -0.25) is 9.36 Å². The van der Waals surface area contributed by atoms with Crippen LogP contribution in [0.15, 0.2) is 47.6 Å². The van der Waals surface area contributed by atoms with Crippen LogP contribution in [-0.4, -0.2) is 47.2 Å². The standard InChI is InChI=1S/C22H26N4O3S/c1-15-5-8-18(9-6-15)26-16(2)24-25-22(26)30-14-21(27)23-12-11-17-7-10-19(28-3)20(13-17)29-4/h5-10,13H,11-12,14H2,1-4H3,(H,23,27). The molecule has 0 saturated carbocycles. The number of nitrogens with one attached hydrogen (secondary N) is 1. The molecule has 3 aromatic rings. The third kappa shape index (κ3) is 5.33. The molecule has 0 aliphatic rings. The smallest absolute Gasteiger partial charge is 0.230 e. The van der Waals surface area contributed by atoms with Crippen LogP contribution in [0.4, 0.5) is 0 Å². The number of hydrogen-bond donors (Lipinski definition) is 1. The van der Waals surface area contributed by atoms with Gasteiger partial charge in [0.05, 0.1) is 20.0 Å². The van der Waals surface area contributed by atoms with Crippen molar-refractivity contribution in [2.75, 3.05) is 26.5 Å². The molecule has 7 nitrogen and oxygen atoms in total. The molecule has 0 saturated heterocycles. The molecule has 0 bridgehead atoms. The molecule has 158 valence electrons. The third-order valence-corrected chi connectivity index (χ3v) is 5.53. The quantitative estimate of drug-likeness (QED) is 0.529. The van der Waals surface area contributed by atoms with Crippen molar-refractivity contribution in [3.8, 4) is 17.2 Å². The van der Waals surface area contributed by atoms with Gasteiger partial charge in [-0.15, -0.1) is 10.2 Å². The average molecular weight is 427 g/mol. The SMILES string of the molecule is COc1ccc(CCNC(=O)CSc2nnc(C)n2-c2ccc(C)cc2)cc1OC. The van der Waals surface area contributed by atoms with Gasteiger partial charge in [-0.2, -0.15) is 0 Å². The topological polar surface area (TPSA) is 78.3 Å². The lowest BCUT2D eigenvalue weighted by Gasteiger charge is -2.10. The molecule has 1 amide bonds. The first-order valence-electron chi connectivity index (χ1n) is 9.61. The van der Waals surface area contributed by atoms with Gasteiger partial charge in [0.1, 0.15) is 5.82 Å². The lowest BCUT2D eigenvalue weighted by molar-refractivity contribution is -0.118. The summed E-state index contributed by atoms with van der Waals surface area (Å²) in [6.45, 7) is 4.49. The zero-order chi connectivity index (χ0) is 21.5. The number of carbonyl (C=O) groups is 1. The molecular weight excluding hydrogens is 400 g/mol. The minimum atomic E-state index is -0.0448. The number of aryl methyl sites for hydroxylation is 2. The van der Waals surface area contributed by atoms with Crippen LogP contribution in [0, 0.1) is 13.8 Å². The van der Waals surface area contributed by atoms with Crippen molar-refractivity contribution < 1.29 is 14.3 Å². The molecule has 1 heterocycles. The van der Waals surface area contributed by atoms with E-state index in [0.29, 0.717) is 29.6 Å². The van der Waals surface area contributed by atoms with Gasteiger partial charge in [0.15, 0.2) is 16.7 Å². The van der Waals surface area contributed by atoms with E-state index in [0.717, 1.165) is 17.1 Å². The lowest BCUT2D eigenvalue weighted by Crippen LogP contribution is -2.27. The molecule has 0 atom stereocenters. The maximum absolute atomic E-state index is 12.3. The van der Waals surface area contributed by atoms with Crippen LogP contribution < -0.4 is 14.8 Å². The summed E-state index contributed by atoms with van der Waals surface area (Å²) in [6.07, 6.45) is 0.704. The zero-order valence-electron chi connectivity index (χ0n) is 17.6. The maximum Gasteiger partial charge on any atom is 0.230 e. The van der Waals surface area contributed by atoms with E-state index >= 15 is 0 Å². The largest absolute Gasteiger partial charge is 0.493 e. The lowest BCUT2D eigenvalue weighted by atomic mass is 10.1. The second-order valence-corrected chi connectivity index (χ2v) is 7.72. The van der Waals surface area contributed by atoms with E-state index in [-0.39, 0.29) is 11.7 Å². The Morgan fingerprint density at radius 3 is 2.47 bits per heavy atom. The monoisotopic (exact) mass is 426 g/mol. The highest BCUT2D eigenvalue weighted by atomic mass is 32.2. The minimum absolute atomic E-state index is 0.0448. The zero-order valence-corrected chi connectivity index (χ0v) is 18.5.